The first kappa shape index (κ1) is 29.2. The van der Waals surface area contributed by atoms with Crippen LogP contribution >= 0.6 is 0 Å². The van der Waals surface area contributed by atoms with E-state index in [0.29, 0.717) is 23.4 Å². The van der Waals surface area contributed by atoms with Gasteiger partial charge in [0.15, 0.2) is 0 Å². The summed E-state index contributed by atoms with van der Waals surface area (Å²) in [5.41, 5.74) is 1.87. The fourth-order valence-electron chi connectivity index (χ4n) is 4.20. The molecule has 3 amide bonds. The van der Waals surface area contributed by atoms with Gasteiger partial charge >= 0.3 is 6.09 Å². The number of hydrogen-bond acceptors (Lipinski definition) is 4. The van der Waals surface area contributed by atoms with Crippen LogP contribution in [0.3, 0.4) is 0 Å². The lowest BCUT2D eigenvalue weighted by Crippen LogP contribution is -2.44. The largest absolute Gasteiger partial charge is 0.465 e. The molecule has 0 aliphatic rings. The Labute approximate surface area is 225 Å². The third-order valence-corrected chi connectivity index (χ3v) is 6.01. The third-order valence-electron chi connectivity index (χ3n) is 6.01. The number of anilines is 1. The van der Waals surface area contributed by atoms with Gasteiger partial charge in [-0.2, -0.15) is 0 Å². The average Bonchev–Trinajstić information content (AvgIpc) is 3.25. The summed E-state index contributed by atoms with van der Waals surface area (Å²) in [5.74, 6) is -0.919. The van der Waals surface area contributed by atoms with E-state index in [1.54, 1.807) is 38.5 Å². The predicted octanol–water partition coefficient (Wildman–Crippen LogP) is 3.71. The minimum atomic E-state index is -1.39. The molecule has 11 heteroatoms. The molecule has 0 saturated carbocycles. The first-order valence-electron chi connectivity index (χ1n) is 12.6. The van der Waals surface area contributed by atoms with E-state index < -0.39 is 23.6 Å². The van der Waals surface area contributed by atoms with Crippen molar-refractivity contribution in [2.45, 2.75) is 45.7 Å². The van der Waals surface area contributed by atoms with Gasteiger partial charge in [0.05, 0.1) is 6.54 Å². The van der Waals surface area contributed by atoms with Crippen LogP contribution in [-0.2, 0) is 22.6 Å². The number of allylic oxidation sites excluding steroid dienone is 1. The lowest BCUT2D eigenvalue weighted by atomic mass is 10.0. The second-order valence-corrected chi connectivity index (χ2v) is 9.98. The summed E-state index contributed by atoms with van der Waals surface area (Å²) >= 11 is 0. The number of halogens is 1. The van der Waals surface area contributed by atoms with Crippen molar-refractivity contribution in [3.63, 3.8) is 0 Å². The van der Waals surface area contributed by atoms with Gasteiger partial charge in [0.2, 0.25) is 11.8 Å². The minimum Gasteiger partial charge on any atom is -0.465 e. The Bertz CT molecular complexity index is 1440. The fourth-order valence-corrected chi connectivity index (χ4v) is 4.20. The number of benzene rings is 1. The highest BCUT2D eigenvalue weighted by atomic mass is 19.1. The molecule has 1 aromatic carbocycles. The number of fused-ring (bicyclic) bond motifs is 1. The minimum absolute atomic E-state index is 0.0133. The zero-order valence-electron chi connectivity index (χ0n) is 22.5. The maximum atomic E-state index is 14.2. The summed E-state index contributed by atoms with van der Waals surface area (Å²) in [5, 5.41) is 14.5. The van der Waals surface area contributed by atoms with E-state index in [1.807, 2.05) is 0 Å². The Hall–Kier alpha value is -4.41. The van der Waals surface area contributed by atoms with E-state index >= 15 is 0 Å². The van der Waals surface area contributed by atoms with Gasteiger partial charge < -0.3 is 30.2 Å². The lowest BCUT2D eigenvalue weighted by molar-refractivity contribution is -0.123. The number of nitrogens with one attached hydrogen (secondary N) is 3. The van der Waals surface area contributed by atoms with Crippen molar-refractivity contribution < 1.29 is 23.9 Å². The number of carboxylic acid groups (broad SMARTS) is 1. The summed E-state index contributed by atoms with van der Waals surface area (Å²) in [6, 6.07) is 6.64. The number of amides is 3. The zero-order chi connectivity index (χ0) is 28.7. The van der Waals surface area contributed by atoms with Crippen molar-refractivity contribution in [3.8, 4) is 0 Å². The van der Waals surface area contributed by atoms with Crippen LogP contribution in [0, 0.1) is 11.7 Å². The van der Waals surface area contributed by atoms with Gasteiger partial charge in [-0.3, -0.25) is 14.4 Å². The Kier molecular flexibility index (Phi) is 9.64. The van der Waals surface area contributed by atoms with Gasteiger partial charge in [-0.15, -0.1) is 0 Å². The Balaban J connectivity index is 1.77. The smallest absolute Gasteiger partial charge is 0.405 e. The first-order valence-corrected chi connectivity index (χ1v) is 12.6. The van der Waals surface area contributed by atoms with Crippen LogP contribution in [0.4, 0.5) is 14.9 Å². The number of pyridine rings is 1. The maximum Gasteiger partial charge on any atom is 0.405 e. The molecule has 2 heterocycles. The van der Waals surface area contributed by atoms with Crippen molar-refractivity contribution in [2.75, 3.05) is 19.4 Å². The van der Waals surface area contributed by atoms with Gasteiger partial charge in [-0.1, -0.05) is 19.9 Å². The molecule has 0 aliphatic carbocycles. The van der Waals surface area contributed by atoms with Gasteiger partial charge in [0.25, 0.3) is 5.56 Å². The second-order valence-electron chi connectivity index (χ2n) is 9.98. The molecule has 3 rings (SSSR count). The van der Waals surface area contributed by atoms with Gasteiger partial charge in [-0.05, 0) is 67.2 Å². The van der Waals surface area contributed by atoms with Crippen molar-refractivity contribution in [3.05, 3.63) is 76.1 Å². The van der Waals surface area contributed by atoms with Crippen LogP contribution in [0.2, 0.25) is 0 Å². The van der Waals surface area contributed by atoms with Crippen molar-refractivity contribution in [1.29, 1.82) is 0 Å². The van der Waals surface area contributed by atoms with Crippen LogP contribution in [0.5, 0.6) is 0 Å². The molecular weight excluding hydrogens is 505 g/mol. The van der Waals surface area contributed by atoms with E-state index in [0.717, 1.165) is 11.1 Å². The highest BCUT2D eigenvalue weighted by molar-refractivity contribution is 5.96. The van der Waals surface area contributed by atoms with E-state index in [9.17, 15) is 23.6 Å². The molecule has 1 atom stereocenters. The average molecular weight is 540 g/mol. The molecule has 4 N–H and O–H groups in total. The highest BCUT2D eigenvalue weighted by Crippen LogP contribution is 2.24. The van der Waals surface area contributed by atoms with E-state index in [1.165, 1.54) is 33.7 Å². The molecule has 10 nitrogen and oxygen atoms in total. The van der Waals surface area contributed by atoms with Crippen LogP contribution in [0.15, 0.2) is 53.5 Å². The Morgan fingerprint density at radius 3 is 2.62 bits per heavy atom. The molecule has 0 spiro atoms. The molecule has 0 fully saturated rings. The SMILES string of the molecule is CC(C)Cc1cc(F)cc2cc(Cn3cccc(NC(=O)[C@H](CC/C=C/C(=O)N(C)C)NC(=O)O)c3=O)[nH]c12. The number of likely N-dealkylation sites (N-methyl/N-ethyl adjacent to an activating group) is 1. The second kappa shape index (κ2) is 12.9. The van der Waals surface area contributed by atoms with Gasteiger partial charge in [0, 0.05) is 36.9 Å². The highest BCUT2D eigenvalue weighted by Gasteiger charge is 2.21. The molecule has 39 heavy (non-hydrogen) atoms. The van der Waals surface area contributed by atoms with Crippen LogP contribution in [-0.4, -0.2) is 57.6 Å². The molecule has 0 radical (unpaired) electrons. The molecular formula is C28H34FN5O5. The van der Waals surface area contributed by atoms with E-state index in [2.05, 4.69) is 29.5 Å². The number of aromatic amines is 1. The lowest BCUT2D eigenvalue weighted by Gasteiger charge is -2.16. The number of H-pyrrole nitrogens is 1. The topological polar surface area (TPSA) is 137 Å². The Morgan fingerprint density at radius 1 is 1.21 bits per heavy atom. The first-order chi connectivity index (χ1) is 18.4. The normalized spacial score (nSPS) is 12.2. The summed E-state index contributed by atoms with van der Waals surface area (Å²) in [4.78, 5) is 53.5. The third kappa shape index (κ3) is 8.03. The number of carbonyl (C=O) groups is 3. The summed E-state index contributed by atoms with van der Waals surface area (Å²) in [7, 11) is 3.20. The van der Waals surface area contributed by atoms with Gasteiger partial charge in [0.1, 0.15) is 17.5 Å². The molecule has 2 aromatic heterocycles. The maximum absolute atomic E-state index is 14.2. The van der Waals surface area contributed by atoms with Crippen LogP contribution in [0.25, 0.3) is 10.9 Å². The molecule has 0 bridgehead atoms. The number of carbonyl (C=O) groups excluding carboxylic acids is 2. The standard InChI is InChI=1S/C28H34FN5O5/c1-17(2)12-18-13-20(29)14-19-15-21(30-25(18)19)16-34-11-7-9-23(27(34)37)31-26(36)22(32-28(38)39)8-5-6-10-24(35)33(3)4/h6-7,9-11,13-15,17,22,30,32H,5,8,12,16H2,1-4H3,(H,31,36)(H,38,39)/b10-6+/t22-/m0/s1. The molecule has 0 saturated heterocycles. The molecule has 0 aliphatic heterocycles. The predicted molar refractivity (Wildman–Crippen MR) is 147 cm³/mol. The monoisotopic (exact) mass is 539 g/mol. The van der Waals surface area contributed by atoms with Gasteiger partial charge in [-0.25, -0.2) is 9.18 Å². The summed E-state index contributed by atoms with van der Waals surface area (Å²) in [6.07, 6.45) is 4.12. The Morgan fingerprint density at radius 2 is 1.95 bits per heavy atom. The molecule has 208 valence electrons. The number of rotatable bonds is 11. The molecule has 0 unspecified atom stereocenters. The van der Waals surface area contributed by atoms with Crippen LogP contribution in [0.1, 0.15) is 37.9 Å². The summed E-state index contributed by atoms with van der Waals surface area (Å²) < 4.78 is 15.6. The van der Waals surface area contributed by atoms with Crippen LogP contribution < -0.4 is 16.2 Å². The molecule has 3 aromatic rings. The number of aromatic nitrogens is 2. The fraction of sp³-hybridized carbons (Fsp3) is 0.357. The van der Waals surface area contributed by atoms with Crippen molar-refractivity contribution >= 4 is 34.5 Å². The number of nitrogens with zero attached hydrogens (tertiary/aromatic N) is 2. The number of hydrogen-bond donors (Lipinski definition) is 4. The van der Waals surface area contributed by atoms with E-state index in [4.69, 9.17) is 5.11 Å². The van der Waals surface area contributed by atoms with Crippen molar-refractivity contribution in [1.82, 2.24) is 19.8 Å². The van der Waals surface area contributed by atoms with Crippen molar-refractivity contribution in [2.24, 2.45) is 5.92 Å². The van der Waals surface area contributed by atoms with E-state index in [-0.39, 0.29) is 36.8 Å². The zero-order valence-corrected chi connectivity index (χ0v) is 22.5. The quantitative estimate of drug-likeness (QED) is 0.275. The summed E-state index contributed by atoms with van der Waals surface area (Å²) in [6.45, 7) is 4.26.